The fourth-order valence-electron chi connectivity index (χ4n) is 2.31. The van der Waals surface area contributed by atoms with Crippen molar-refractivity contribution in [2.24, 2.45) is 0 Å². The first-order valence-corrected chi connectivity index (χ1v) is 9.08. The van der Waals surface area contributed by atoms with Gasteiger partial charge in [-0.1, -0.05) is 6.07 Å². The molecule has 3 aromatic rings. The van der Waals surface area contributed by atoms with Gasteiger partial charge in [-0.2, -0.15) is 8.75 Å². The SMILES string of the molecule is COc1ccc(N(C)S(=O)(=O)c2cccc3nsnc23)c(OC)c1. The van der Waals surface area contributed by atoms with Gasteiger partial charge < -0.3 is 9.47 Å². The van der Waals surface area contributed by atoms with Gasteiger partial charge >= 0.3 is 0 Å². The second-order valence-corrected chi connectivity index (χ2v) is 7.36. The van der Waals surface area contributed by atoms with Gasteiger partial charge in [0, 0.05) is 13.1 Å². The van der Waals surface area contributed by atoms with Crippen LogP contribution in [0.3, 0.4) is 0 Å². The van der Waals surface area contributed by atoms with Crippen LogP contribution in [-0.2, 0) is 10.0 Å². The summed E-state index contributed by atoms with van der Waals surface area (Å²) in [6.07, 6.45) is 0. The second-order valence-electron chi connectivity index (χ2n) is 4.90. The highest BCUT2D eigenvalue weighted by atomic mass is 32.2. The molecule has 0 bridgehead atoms. The van der Waals surface area contributed by atoms with E-state index in [1.807, 2.05) is 0 Å². The molecule has 0 spiro atoms. The molecule has 0 radical (unpaired) electrons. The van der Waals surface area contributed by atoms with E-state index < -0.39 is 10.0 Å². The Morgan fingerprint density at radius 1 is 1.08 bits per heavy atom. The first kappa shape index (κ1) is 16.5. The Kier molecular flexibility index (Phi) is 4.29. The second kappa shape index (κ2) is 6.25. The van der Waals surface area contributed by atoms with E-state index in [-0.39, 0.29) is 4.90 Å². The molecule has 0 unspecified atom stereocenters. The predicted molar refractivity (Wildman–Crippen MR) is 92.5 cm³/mol. The van der Waals surface area contributed by atoms with Crippen LogP contribution in [0.15, 0.2) is 41.3 Å². The number of hydrogen-bond donors (Lipinski definition) is 0. The van der Waals surface area contributed by atoms with Crippen LogP contribution in [0.5, 0.6) is 11.5 Å². The fourth-order valence-corrected chi connectivity index (χ4v) is 4.27. The highest BCUT2D eigenvalue weighted by molar-refractivity contribution is 7.93. The van der Waals surface area contributed by atoms with Gasteiger partial charge in [-0.15, -0.1) is 0 Å². The van der Waals surface area contributed by atoms with Crippen LogP contribution in [0.1, 0.15) is 0 Å². The van der Waals surface area contributed by atoms with Gasteiger partial charge in [0.25, 0.3) is 10.0 Å². The lowest BCUT2D eigenvalue weighted by Gasteiger charge is -2.22. The third-order valence-corrected chi connectivity index (χ3v) is 5.96. The molecule has 0 aliphatic rings. The monoisotopic (exact) mass is 365 g/mol. The normalized spacial score (nSPS) is 11.5. The van der Waals surface area contributed by atoms with Gasteiger partial charge in [0.2, 0.25) is 0 Å². The molecule has 0 amide bonds. The molecule has 1 heterocycles. The van der Waals surface area contributed by atoms with Crippen molar-refractivity contribution >= 4 is 38.5 Å². The lowest BCUT2D eigenvalue weighted by molar-refractivity contribution is 0.395. The molecule has 0 fully saturated rings. The Bertz CT molecular complexity index is 985. The minimum atomic E-state index is -3.82. The summed E-state index contributed by atoms with van der Waals surface area (Å²) in [6.45, 7) is 0. The van der Waals surface area contributed by atoms with Crippen molar-refractivity contribution in [3.8, 4) is 11.5 Å². The van der Waals surface area contributed by atoms with E-state index in [2.05, 4.69) is 8.75 Å². The number of fused-ring (bicyclic) bond motifs is 1. The first-order chi connectivity index (χ1) is 11.5. The van der Waals surface area contributed by atoms with Crippen molar-refractivity contribution in [2.45, 2.75) is 4.90 Å². The molecular formula is C15H15N3O4S2. The zero-order valence-electron chi connectivity index (χ0n) is 13.3. The summed E-state index contributed by atoms with van der Waals surface area (Å²) in [5.41, 5.74) is 1.32. The lowest BCUT2D eigenvalue weighted by atomic mass is 10.3. The molecule has 0 aliphatic carbocycles. The summed E-state index contributed by atoms with van der Waals surface area (Å²) in [5, 5.41) is 0. The summed E-state index contributed by atoms with van der Waals surface area (Å²) in [4.78, 5) is 0.106. The van der Waals surface area contributed by atoms with Gasteiger partial charge in [0.05, 0.1) is 31.6 Å². The van der Waals surface area contributed by atoms with Gasteiger partial charge in [-0.3, -0.25) is 4.31 Å². The number of methoxy groups -OCH3 is 2. The molecule has 1 aromatic heterocycles. The Morgan fingerprint density at radius 3 is 2.58 bits per heavy atom. The van der Waals surface area contributed by atoms with E-state index >= 15 is 0 Å². The maximum atomic E-state index is 13.0. The van der Waals surface area contributed by atoms with E-state index in [0.29, 0.717) is 28.2 Å². The van der Waals surface area contributed by atoms with Crippen LogP contribution in [0.4, 0.5) is 5.69 Å². The Labute approximate surface area is 143 Å². The molecule has 0 atom stereocenters. The summed E-state index contributed by atoms with van der Waals surface area (Å²) in [7, 11) is 0.655. The molecule has 0 saturated carbocycles. The number of anilines is 1. The van der Waals surface area contributed by atoms with Crippen LogP contribution < -0.4 is 13.8 Å². The van der Waals surface area contributed by atoms with E-state index in [9.17, 15) is 8.42 Å². The Hall–Kier alpha value is -2.39. The van der Waals surface area contributed by atoms with Crippen LogP contribution in [0.25, 0.3) is 11.0 Å². The zero-order chi connectivity index (χ0) is 17.3. The number of ether oxygens (including phenoxy) is 2. The van der Waals surface area contributed by atoms with Crippen molar-refractivity contribution in [2.75, 3.05) is 25.6 Å². The molecule has 24 heavy (non-hydrogen) atoms. The van der Waals surface area contributed by atoms with Crippen molar-refractivity contribution in [1.29, 1.82) is 0 Å². The summed E-state index contributed by atoms with van der Waals surface area (Å²) in [5.74, 6) is 0.969. The summed E-state index contributed by atoms with van der Waals surface area (Å²) in [6, 6.07) is 9.84. The highest BCUT2D eigenvalue weighted by Gasteiger charge is 2.27. The van der Waals surface area contributed by atoms with Gasteiger partial charge in [-0.05, 0) is 24.3 Å². The number of rotatable bonds is 5. The van der Waals surface area contributed by atoms with Crippen LogP contribution in [-0.4, -0.2) is 38.4 Å². The average Bonchev–Trinajstić information content (AvgIpc) is 3.08. The molecule has 3 rings (SSSR count). The standard InChI is InChI=1S/C15H15N3O4S2/c1-18(12-8-7-10(21-2)9-13(12)22-3)24(19,20)14-6-4-5-11-15(14)17-23-16-11/h4-9H,1-3H3. The molecule has 0 aliphatic heterocycles. The van der Waals surface area contributed by atoms with Crippen molar-refractivity contribution in [1.82, 2.24) is 8.75 Å². The quantitative estimate of drug-likeness (QED) is 0.691. The van der Waals surface area contributed by atoms with Gasteiger partial charge in [0.1, 0.15) is 27.4 Å². The van der Waals surface area contributed by atoms with Gasteiger partial charge in [-0.25, -0.2) is 8.42 Å². The smallest absolute Gasteiger partial charge is 0.266 e. The third-order valence-electron chi connectivity index (χ3n) is 3.61. The van der Waals surface area contributed by atoms with Gasteiger partial charge in [0.15, 0.2) is 0 Å². The largest absolute Gasteiger partial charge is 0.497 e. The molecule has 0 saturated heterocycles. The van der Waals surface area contributed by atoms with Crippen molar-refractivity contribution in [3.05, 3.63) is 36.4 Å². The number of aromatic nitrogens is 2. The fraction of sp³-hybridized carbons (Fsp3) is 0.200. The van der Waals surface area contributed by atoms with Crippen LogP contribution in [0, 0.1) is 0 Å². The Morgan fingerprint density at radius 2 is 1.88 bits per heavy atom. The highest BCUT2D eigenvalue weighted by Crippen LogP contribution is 2.35. The maximum Gasteiger partial charge on any atom is 0.266 e. The Balaban J connectivity index is 2.12. The third kappa shape index (κ3) is 2.65. The predicted octanol–water partition coefficient (Wildman–Crippen LogP) is 2.53. The minimum Gasteiger partial charge on any atom is -0.497 e. The van der Waals surface area contributed by atoms with Crippen molar-refractivity contribution in [3.63, 3.8) is 0 Å². The van der Waals surface area contributed by atoms with Crippen molar-refractivity contribution < 1.29 is 17.9 Å². The number of hydrogen-bond acceptors (Lipinski definition) is 7. The molecule has 126 valence electrons. The summed E-state index contributed by atoms with van der Waals surface area (Å²) >= 11 is 0.979. The van der Waals surface area contributed by atoms with E-state index in [1.54, 1.807) is 30.3 Å². The number of nitrogens with zero attached hydrogens (tertiary/aromatic N) is 3. The molecule has 0 N–H and O–H groups in total. The van der Waals surface area contributed by atoms with E-state index in [1.165, 1.54) is 31.6 Å². The molecular weight excluding hydrogens is 350 g/mol. The lowest BCUT2D eigenvalue weighted by Crippen LogP contribution is -2.27. The van der Waals surface area contributed by atoms with Crippen LogP contribution in [0.2, 0.25) is 0 Å². The molecule has 7 nitrogen and oxygen atoms in total. The minimum absolute atomic E-state index is 0.106. The van der Waals surface area contributed by atoms with Crippen LogP contribution >= 0.6 is 11.7 Å². The average molecular weight is 365 g/mol. The number of benzene rings is 2. The topological polar surface area (TPSA) is 81.6 Å². The maximum absolute atomic E-state index is 13.0. The first-order valence-electron chi connectivity index (χ1n) is 6.91. The number of sulfonamides is 1. The van der Waals surface area contributed by atoms with E-state index in [0.717, 1.165) is 11.7 Å². The zero-order valence-corrected chi connectivity index (χ0v) is 14.9. The molecule has 9 heteroatoms. The molecule has 2 aromatic carbocycles. The van der Waals surface area contributed by atoms with E-state index in [4.69, 9.17) is 9.47 Å². The summed E-state index contributed by atoms with van der Waals surface area (Å²) < 4.78 is 45.9.